The highest BCUT2D eigenvalue weighted by molar-refractivity contribution is 6.22. The van der Waals surface area contributed by atoms with Crippen LogP contribution in [0.4, 0.5) is 0 Å². The zero-order valence-electron chi connectivity index (χ0n) is 31.2. The van der Waals surface area contributed by atoms with Crippen molar-refractivity contribution in [2.45, 2.75) is 0 Å². The molecule has 0 spiro atoms. The van der Waals surface area contributed by atoms with Crippen molar-refractivity contribution in [2.75, 3.05) is 0 Å². The van der Waals surface area contributed by atoms with Gasteiger partial charge in [0.25, 0.3) is 0 Å². The minimum Gasteiger partial charge on any atom is -0.455 e. The number of furan rings is 1. The quantitative estimate of drug-likeness (QED) is 0.163. The summed E-state index contributed by atoms with van der Waals surface area (Å²) in [5, 5.41) is 3.28. The van der Waals surface area contributed by atoms with Gasteiger partial charge in [-0.05, 0) is 77.4 Å². The van der Waals surface area contributed by atoms with Gasteiger partial charge in [0.05, 0.1) is 27.8 Å². The molecule has 11 aromatic rings. The maximum Gasteiger partial charge on any atom is 0.160 e. The first-order valence-corrected chi connectivity index (χ1v) is 19.3. The first-order valence-electron chi connectivity index (χ1n) is 19.3. The maximum absolute atomic E-state index is 7.01. The Labute approximate surface area is 334 Å². The van der Waals surface area contributed by atoms with E-state index in [4.69, 9.17) is 14.4 Å². The van der Waals surface area contributed by atoms with E-state index in [0.29, 0.717) is 5.82 Å². The summed E-state index contributed by atoms with van der Waals surface area (Å²) >= 11 is 0. The van der Waals surface area contributed by atoms with Gasteiger partial charge in [-0.15, -0.1) is 0 Å². The van der Waals surface area contributed by atoms with Crippen molar-refractivity contribution >= 4 is 32.8 Å². The van der Waals surface area contributed by atoms with Crippen LogP contribution in [-0.2, 0) is 0 Å². The van der Waals surface area contributed by atoms with Crippen LogP contribution in [0.5, 0.6) is 0 Å². The van der Waals surface area contributed by atoms with Gasteiger partial charge in [0.2, 0.25) is 0 Å². The zero-order chi connectivity index (χ0) is 38.4. The maximum atomic E-state index is 7.01. The van der Waals surface area contributed by atoms with Gasteiger partial charge in [0, 0.05) is 69.1 Å². The lowest BCUT2D eigenvalue weighted by Crippen LogP contribution is -1.98. The second-order valence-electron chi connectivity index (χ2n) is 14.3. The minimum absolute atomic E-state index is 0.638. The highest BCUT2D eigenvalue weighted by atomic mass is 16.3. The molecule has 58 heavy (non-hydrogen) atoms. The van der Waals surface area contributed by atoms with Crippen LogP contribution < -0.4 is 0 Å². The molecule has 6 heteroatoms. The molecule has 0 bridgehead atoms. The number of hydrogen-bond acceptors (Lipinski definition) is 5. The first-order chi connectivity index (χ1) is 28.8. The Bertz CT molecular complexity index is 3250. The SMILES string of the molecule is c1ccc(-c2oc3c(ccc4c3c3ccccc3n4-c3cccc(-c4nc(-c5ccncc5)cc(-c5ccc(-c6ccncc6)cc5)n4)c3)c2-c2ccccc2)cc1. The lowest BCUT2D eigenvalue weighted by molar-refractivity contribution is 0.636. The summed E-state index contributed by atoms with van der Waals surface area (Å²) in [5.41, 5.74) is 14.0. The molecular formula is C52H33N5O. The van der Waals surface area contributed by atoms with Gasteiger partial charge in [-0.3, -0.25) is 9.97 Å². The predicted molar refractivity (Wildman–Crippen MR) is 234 cm³/mol. The third-order valence-electron chi connectivity index (χ3n) is 10.8. The fourth-order valence-electron chi connectivity index (χ4n) is 8.13. The van der Waals surface area contributed by atoms with Crippen LogP contribution in [0.1, 0.15) is 0 Å². The highest BCUT2D eigenvalue weighted by Crippen LogP contribution is 2.46. The number of pyridine rings is 2. The number of nitrogens with zero attached hydrogens (tertiary/aromatic N) is 5. The predicted octanol–water partition coefficient (Wildman–Crippen LogP) is 13.1. The van der Waals surface area contributed by atoms with Gasteiger partial charge < -0.3 is 8.98 Å². The normalized spacial score (nSPS) is 11.4. The van der Waals surface area contributed by atoms with E-state index in [2.05, 4.69) is 160 Å². The smallest absolute Gasteiger partial charge is 0.160 e. The molecule has 0 N–H and O–H groups in total. The van der Waals surface area contributed by atoms with Crippen LogP contribution in [0.15, 0.2) is 205 Å². The van der Waals surface area contributed by atoms with Gasteiger partial charge in [-0.25, -0.2) is 9.97 Å². The summed E-state index contributed by atoms with van der Waals surface area (Å²) in [6, 6.07) is 61.0. The molecule has 0 radical (unpaired) electrons. The van der Waals surface area contributed by atoms with E-state index in [-0.39, 0.29) is 0 Å². The van der Waals surface area contributed by atoms with E-state index in [1.807, 2.05) is 42.7 Å². The molecule has 0 saturated carbocycles. The fourth-order valence-corrected chi connectivity index (χ4v) is 8.13. The van der Waals surface area contributed by atoms with Crippen molar-refractivity contribution in [3.63, 3.8) is 0 Å². The molecule has 0 aliphatic rings. The molecule has 0 saturated heterocycles. The summed E-state index contributed by atoms with van der Waals surface area (Å²) in [6.45, 7) is 0. The van der Waals surface area contributed by atoms with Crippen molar-refractivity contribution in [2.24, 2.45) is 0 Å². The number of hydrogen-bond donors (Lipinski definition) is 0. The molecule has 0 atom stereocenters. The standard InChI is InChI=1S/C52H33N5O/c1-3-10-38(11-4-1)48-43-22-23-47-49(51(43)58-50(48)39-12-5-2-6-13-39)42-16-7-8-17-46(42)57(47)41-15-9-14-40(32-41)52-55-44(33-45(56-52)37-26-30-54-31-27-37)36-20-18-34(19-21-36)35-24-28-53-29-25-35/h1-33H. The Morgan fingerprint density at radius 3 is 1.71 bits per heavy atom. The van der Waals surface area contributed by atoms with Crippen LogP contribution in [0, 0.1) is 0 Å². The average molecular weight is 744 g/mol. The molecule has 0 unspecified atom stereocenters. The number of benzene rings is 6. The Hall–Kier alpha value is -7.96. The largest absolute Gasteiger partial charge is 0.455 e. The van der Waals surface area contributed by atoms with Gasteiger partial charge in [-0.2, -0.15) is 0 Å². The number of fused-ring (bicyclic) bond motifs is 5. The molecule has 272 valence electrons. The third kappa shape index (κ3) is 5.74. The second-order valence-corrected chi connectivity index (χ2v) is 14.3. The van der Waals surface area contributed by atoms with Gasteiger partial charge >= 0.3 is 0 Å². The van der Waals surface area contributed by atoms with Crippen LogP contribution in [0.3, 0.4) is 0 Å². The molecule has 0 amide bonds. The van der Waals surface area contributed by atoms with E-state index in [9.17, 15) is 0 Å². The molecule has 11 rings (SSSR count). The summed E-state index contributed by atoms with van der Waals surface area (Å²) in [6.07, 6.45) is 7.22. The zero-order valence-corrected chi connectivity index (χ0v) is 31.2. The van der Waals surface area contributed by atoms with Crippen molar-refractivity contribution in [3.05, 3.63) is 201 Å². The molecule has 0 aliphatic heterocycles. The molecule has 5 aromatic heterocycles. The number of aromatic nitrogens is 5. The van der Waals surface area contributed by atoms with E-state index in [1.54, 1.807) is 12.4 Å². The Kier molecular flexibility index (Phi) is 8.04. The van der Waals surface area contributed by atoms with Crippen molar-refractivity contribution < 1.29 is 4.42 Å². The Morgan fingerprint density at radius 2 is 0.983 bits per heavy atom. The molecule has 6 nitrogen and oxygen atoms in total. The summed E-state index contributed by atoms with van der Waals surface area (Å²) < 4.78 is 9.33. The van der Waals surface area contributed by atoms with Gasteiger partial charge in [0.1, 0.15) is 11.3 Å². The molecular weight excluding hydrogens is 711 g/mol. The van der Waals surface area contributed by atoms with Crippen molar-refractivity contribution in [1.82, 2.24) is 24.5 Å². The van der Waals surface area contributed by atoms with Crippen molar-refractivity contribution in [3.8, 4) is 73.2 Å². The molecule has 0 fully saturated rings. The van der Waals surface area contributed by atoms with Gasteiger partial charge in [-0.1, -0.05) is 115 Å². The van der Waals surface area contributed by atoms with Crippen LogP contribution in [0.25, 0.3) is 106 Å². The highest BCUT2D eigenvalue weighted by Gasteiger charge is 2.23. The van der Waals surface area contributed by atoms with E-state index in [0.717, 1.165) is 100 Å². The minimum atomic E-state index is 0.638. The summed E-state index contributed by atoms with van der Waals surface area (Å²) in [5.74, 6) is 1.50. The summed E-state index contributed by atoms with van der Waals surface area (Å²) in [7, 11) is 0. The van der Waals surface area contributed by atoms with Crippen molar-refractivity contribution in [1.29, 1.82) is 0 Å². The van der Waals surface area contributed by atoms with Crippen LogP contribution in [-0.4, -0.2) is 24.5 Å². The van der Waals surface area contributed by atoms with E-state index >= 15 is 0 Å². The van der Waals surface area contributed by atoms with Crippen LogP contribution in [0.2, 0.25) is 0 Å². The van der Waals surface area contributed by atoms with Crippen LogP contribution >= 0.6 is 0 Å². The fraction of sp³-hybridized carbons (Fsp3) is 0. The topological polar surface area (TPSA) is 69.6 Å². The Balaban J connectivity index is 1.09. The summed E-state index contributed by atoms with van der Waals surface area (Å²) in [4.78, 5) is 18.8. The van der Waals surface area contributed by atoms with Gasteiger partial charge in [0.15, 0.2) is 5.82 Å². The molecule has 0 aliphatic carbocycles. The second kappa shape index (κ2) is 14.0. The molecule has 6 aromatic carbocycles. The lowest BCUT2D eigenvalue weighted by atomic mass is 9.98. The number of para-hydroxylation sites is 1. The lowest BCUT2D eigenvalue weighted by Gasteiger charge is -2.12. The third-order valence-corrected chi connectivity index (χ3v) is 10.8. The molecule has 5 heterocycles. The monoisotopic (exact) mass is 743 g/mol. The Morgan fingerprint density at radius 1 is 0.397 bits per heavy atom. The van der Waals surface area contributed by atoms with E-state index < -0.39 is 0 Å². The first kappa shape index (κ1) is 33.4. The number of rotatable bonds is 7. The average Bonchev–Trinajstić information content (AvgIpc) is 3.87. The van der Waals surface area contributed by atoms with E-state index in [1.165, 1.54) is 0 Å².